The van der Waals surface area contributed by atoms with Crippen molar-refractivity contribution in [3.05, 3.63) is 58.0 Å². The highest BCUT2D eigenvalue weighted by Gasteiger charge is 2.19. The van der Waals surface area contributed by atoms with Crippen LogP contribution in [0.1, 0.15) is 37.3 Å². The maximum absolute atomic E-state index is 13.6. The van der Waals surface area contributed by atoms with Crippen molar-refractivity contribution in [1.29, 1.82) is 0 Å². The van der Waals surface area contributed by atoms with Gasteiger partial charge in [0.2, 0.25) is 0 Å². The van der Waals surface area contributed by atoms with Crippen molar-refractivity contribution in [2.75, 3.05) is 0 Å². The summed E-state index contributed by atoms with van der Waals surface area (Å²) in [4.78, 5) is 0. The van der Waals surface area contributed by atoms with Crippen LogP contribution in [0.25, 0.3) is 0 Å². The summed E-state index contributed by atoms with van der Waals surface area (Å²) in [5, 5.41) is 3.11. The molecule has 2 aromatic rings. The van der Waals surface area contributed by atoms with Crippen LogP contribution in [0.5, 0.6) is 0 Å². The highest BCUT2D eigenvalue weighted by atomic mass is 79.9. The Bertz CT molecular complexity index is 550. The van der Waals surface area contributed by atoms with Crippen LogP contribution in [0.4, 0.5) is 8.78 Å². The molecule has 19 heavy (non-hydrogen) atoms. The molecule has 2 atom stereocenters. The molecule has 5 heteroatoms. The Morgan fingerprint density at radius 3 is 2.21 bits per heavy atom. The lowest BCUT2D eigenvalue weighted by Crippen LogP contribution is -2.23. The molecule has 0 aliphatic heterocycles. The Labute approximate surface area is 118 Å². The Hall–Kier alpha value is -1.20. The van der Waals surface area contributed by atoms with Crippen LogP contribution in [0.15, 0.2) is 39.4 Å². The van der Waals surface area contributed by atoms with E-state index in [1.807, 2.05) is 13.0 Å². The van der Waals surface area contributed by atoms with Crippen molar-refractivity contribution in [3.63, 3.8) is 0 Å². The largest absolute Gasteiger partial charge is 0.453 e. The van der Waals surface area contributed by atoms with E-state index < -0.39 is 17.7 Å². The lowest BCUT2D eigenvalue weighted by molar-refractivity contribution is 0.382. The molecule has 1 aromatic carbocycles. The normalized spacial score (nSPS) is 14.4. The van der Waals surface area contributed by atoms with E-state index in [0.717, 1.165) is 0 Å². The summed E-state index contributed by atoms with van der Waals surface area (Å²) < 4.78 is 33.3. The third-order valence-electron chi connectivity index (χ3n) is 2.95. The lowest BCUT2D eigenvalue weighted by Gasteiger charge is -2.19. The predicted molar refractivity (Wildman–Crippen MR) is 72.7 cm³/mol. The fourth-order valence-electron chi connectivity index (χ4n) is 2.03. The molecule has 0 spiro atoms. The van der Waals surface area contributed by atoms with E-state index in [4.69, 9.17) is 4.42 Å². The van der Waals surface area contributed by atoms with Gasteiger partial charge in [0.1, 0.15) is 17.4 Å². The van der Waals surface area contributed by atoms with Gasteiger partial charge in [-0.2, -0.15) is 0 Å². The fraction of sp³-hybridized carbons (Fsp3) is 0.286. The van der Waals surface area contributed by atoms with Gasteiger partial charge in [0.05, 0.1) is 6.04 Å². The van der Waals surface area contributed by atoms with E-state index in [9.17, 15) is 8.78 Å². The van der Waals surface area contributed by atoms with Crippen LogP contribution < -0.4 is 5.32 Å². The van der Waals surface area contributed by atoms with Crippen LogP contribution in [-0.2, 0) is 0 Å². The van der Waals surface area contributed by atoms with E-state index in [1.165, 1.54) is 18.2 Å². The van der Waals surface area contributed by atoms with Crippen molar-refractivity contribution in [3.8, 4) is 0 Å². The topological polar surface area (TPSA) is 25.2 Å². The van der Waals surface area contributed by atoms with Gasteiger partial charge in [-0.25, -0.2) is 8.78 Å². The molecule has 0 fully saturated rings. The zero-order valence-electron chi connectivity index (χ0n) is 10.6. The Morgan fingerprint density at radius 1 is 1.05 bits per heavy atom. The summed E-state index contributed by atoms with van der Waals surface area (Å²) in [5.41, 5.74) is 0.0416. The molecule has 1 heterocycles. The van der Waals surface area contributed by atoms with Crippen molar-refractivity contribution < 1.29 is 13.2 Å². The molecule has 0 saturated carbocycles. The number of nitrogens with one attached hydrogen (secondary N) is 1. The molecule has 1 N–H and O–H groups in total. The van der Waals surface area contributed by atoms with Gasteiger partial charge in [0, 0.05) is 11.6 Å². The second-order valence-electron chi connectivity index (χ2n) is 4.39. The second-order valence-corrected chi connectivity index (χ2v) is 5.17. The van der Waals surface area contributed by atoms with E-state index >= 15 is 0 Å². The smallest absolute Gasteiger partial charge is 0.169 e. The van der Waals surface area contributed by atoms with E-state index in [2.05, 4.69) is 21.2 Å². The van der Waals surface area contributed by atoms with Crippen molar-refractivity contribution in [2.45, 2.75) is 25.9 Å². The maximum Gasteiger partial charge on any atom is 0.169 e. The molecular formula is C14H14BrF2NO. The first-order chi connectivity index (χ1) is 8.99. The van der Waals surface area contributed by atoms with Gasteiger partial charge >= 0.3 is 0 Å². The van der Waals surface area contributed by atoms with Crippen molar-refractivity contribution in [2.24, 2.45) is 0 Å². The summed E-state index contributed by atoms with van der Waals surface area (Å²) >= 11 is 3.22. The SMILES string of the molecule is CC(NC(C)c1c(F)cccc1F)c1ccc(Br)o1. The molecule has 0 aliphatic carbocycles. The van der Waals surface area contributed by atoms with E-state index in [-0.39, 0.29) is 11.6 Å². The minimum Gasteiger partial charge on any atom is -0.453 e. The number of rotatable bonds is 4. The predicted octanol–water partition coefficient (Wildman–Crippen LogP) is 4.73. The Balaban J connectivity index is 2.15. The first kappa shape index (κ1) is 14.2. The van der Waals surface area contributed by atoms with Crippen LogP contribution in [-0.4, -0.2) is 0 Å². The molecule has 2 unspecified atom stereocenters. The summed E-state index contributed by atoms with van der Waals surface area (Å²) in [5.74, 6) is -0.392. The average molecular weight is 330 g/mol. The quantitative estimate of drug-likeness (QED) is 0.877. The molecule has 2 nitrogen and oxygen atoms in total. The molecule has 102 valence electrons. The highest BCUT2D eigenvalue weighted by Crippen LogP contribution is 2.25. The summed E-state index contributed by atoms with van der Waals surface area (Å²) in [6.45, 7) is 3.59. The zero-order valence-corrected chi connectivity index (χ0v) is 12.2. The minimum absolute atomic E-state index is 0.0416. The van der Waals surface area contributed by atoms with Gasteiger partial charge in [-0.15, -0.1) is 0 Å². The average Bonchev–Trinajstić information content (AvgIpc) is 2.75. The van der Waals surface area contributed by atoms with Gasteiger partial charge in [-0.05, 0) is 54.0 Å². The van der Waals surface area contributed by atoms with Crippen LogP contribution in [0, 0.1) is 11.6 Å². The number of halogens is 3. The number of hydrogen-bond acceptors (Lipinski definition) is 2. The second kappa shape index (κ2) is 5.84. The van der Waals surface area contributed by atoms with E-state index in [0.29, 0.717) is 10.4 Å². The fourth-order valence-corrected chi connectivity index (χ4v) is 2.34. The molecule has 0 aliphatic rings. The highest BCUT2D eigenvalue weighted by molar-refractivity contribution is 9.10. The lowest BCUT2D eigenvalue weighted by atomic mass is 10.1. The molecule has 0 amide bonds. The van der Waals surface area contributed by atoms with Crippen LogP contribution in [0.3, 0.4) is 0 Å². The number of furan rings is 1. The van der Waals surface area contributed by atoms with Crippen molar-refractivity contribution >= 4 is 15.9 Å². The summed E-state index contributed by atoms with van der Waals surface area (Å²) in [7, 11) is 0. The third kappa shape index (κ3) is 3.22. The van der Waals surface area contributed by atoms with Gasteiger partial charge < -0.3 is 9.73 Å². The van der Waals surface area contributed by atoms with E-state index in [1.54, 1.807) is 13.0 Å². The van der Waals surface area contributed by atoms with Crippen molar-refractivity contribution in [1.82, 2.24) is 5.32 Å². The van der Waals surface area contributed by atoms with Gasteiger partial charge in [0.15, 0.2) is 4.67 Å². The van der Waals surface area contributed by atoms with Crippen LogP contribution >= 0.6 is 15.9 Å². The Morgan fingerprint density at radius 2 is 1.68 bits per heavy atom. The molecular weight excluding hydrogens is 316 g/mol. The third-order valence-corrected chi connectivity index (χ3v) is 3.38. The molecule has 2 rings (SSSR count). The number of hydrogen-bond donors (Lipinski definition) is 1. The summed E-state index contributed by atoms with van der Waals surface area (Å²) in [6.07, 6.45) is 0. The Kier molecular flexibility index (Phi) is 4.37. The molecule has 0 bridgehead atoms. The molecule has 0 saturated heterocycles. The molecule has 1 aromatic heterocycles. The maximum atomic E-state index is 13.6. The zero-order chi connectivity index (χ0) is 14.0. The molecule has 0 radical (unpaired) electrons. The van der Waals surface area contributed by atoms with Gasteiger partial charge in [0.25, 0.3) is 0 Å². The van der Waals surface area contributed by atoms with Gasteiger partial charge in [-0.3, -0.25) is 0 Å². The standard InChI is InChI=1S/C14H14BrF2NO/c1-8(12-6-7-13(15)19-12)18-9(2)14-10(16)4-3-5-11(14)17/h3-9,18H,1-2H3. The van der Waals surface area contributed by atoms with Crippen LogP contribution in [0.2, 0.25) is 0 Å². The first-order valence-electron chi connectivity index (χ1n) is 5.94. The first-order valence-corrected chi connectivity index (χ1v) is 6.73. The monoisotopic (exact) mass is 329 g/mol. The minimum atomic E-state index is -0.548. The van der Waals surface area contributed by atoms with Gasteiger partial charge in [-0.1, -0.05) is 6.07 Å². The number of benzene rings is 1. The summed E-state index contributed by atoms with van der Waals surface area (Å²) in [6, 6.07) is 6.85.